The van der Waals surface area contributed by atoms with E-state index in [2.05, 4.69) is 20.8 Å². The number of fused-ring (bicyclic) bond motifs is 6. The average molecular weight is 347 g/mol. The van der Waals surface area contributed by atoms with Gasteiger partial charge in [0.1, 0.15) is 0 Å². The van der Waals surface area contributed by atoms with E-state index in [4.69, 9.17) is 4.74 Å². The van der Waals surface area contributed by atoms with Crippen molar-refractivity contribution in [3.8, 4) is 0 Å². The molecule has 2 heteroatoms. The van der Waals surface area contributed by atoms with Crippen molar-refractivity contribution < 1.29 is 9.84 Å². The fourth-order valence-electron chi connectivity index (χ4n) is 9.20. The van der Waals surface area contributed by atoms with Crippen molar-refractivity contribution in [2.24, 2.45) is 45.8 Å². The Morgan fingerprint density at radius 2 is 1.68 bits per heavy atom. The molecule has 0 aromatic rings. The summed E-state index contributed by atoms with van der Waals surface area (Å²) in [6.07, 6.45) is 12.2. The van der Waals surface area contributed by atoms with Crippen LogP contribution in [0.3, 0.4) is 0 Å². The van der Waals surface area contributed by atoms with Crippen LogP contribution in [-0.2, 0) is 4.74 Å². The van der Waals surface area contributed by atoms with Crippen LogP contribution in [0.1, 0.15) is 78.6 Å². The lowest BCUT2D eigenvalue weighted by atomic mass is 9.43. The first-order valence-corrected chi connectivity index (χ1v) is 11.1. The first-order valence-electron chi connectivity index (χ1n) is 11.1. The Balaban J connectivity index is 1.46. The van der Waals surface area contributed by atoms with Gasteiger partial charge in [-0.05, 0) is 104 Å². The summed E-state index contributed by atoms with van der Waals surface area (Å²) in [5.41, 5.74) is 1.61. The van der Waals surface area contributed by atoms with E-state index >= 15 is 0 Å². The highest BCUT2D eigenvalue weighted by molar-refractivity contribution is 5.20. The van der Waals surface area contributed by atoms with Gasteiger partial charge >= 0.3 is 0 Å². The lowest BCUT2D eigenvalue weighted by Crippen LogP contribution is -2.58. The summed E-state index contributed by atoms with van der Waals surface area (Å²) in [5, 5.41) is 11.3. The van der Waals surface area contributed by atoms with E-state index in [1.165, 1.54) is 51.4 Å². The number of aliphatic hydroxyl groups is 1. The quantitative estimate of drug-likeness (QED) is 0.720. The summed E-state index contributed by atoms with van der Waals surface area (Å²) in [6.45, 7) is 7.69. The number of hydrogen-bond donors (Lipinski definition) is 1. The summed E-state index contributed by atoms with van der Waals surface area (Å²) in [7, 11) is 1.87. The van der Waals surface area contributed by atoms with E-state index in [1.807, 2.05) is 7.11 Å². The van der Waals surface area contributed by atoms with Crippen LogP contribution in [0, 0.1) is 45.8 Å². The summed E-state index contributed by atoms with van der Waals surface area (Å²) in [6, 6.07) is 0. The minimum Gasteiger partial charge on any atom is -0.393 e. The zero-order valence-electron chi connectivity index (χ0n) is 16.8. The lowest BCUT2D eigenvalue weighted by molar-refractivity contribution is -0.176. The smallest absolute Gasteiger partial charge is 0.0577 e. The second-order valence-electron chi connectivity index (χ2n) is 11.2. The molecule has 0 aliphatic heterocycles. The number of ether oxygens (including phenoxy) is 1. The molecule has 142 valence electrons. The topological polar surface area (TPSA) is 29.5 Å². The Morgan fingerprint density at radius 1 is 0.960 bits per heavy atom. The normalized spacial score (nSPS) is 63.0. The average Bonchev–Trinajstić information content (AvgIpc) is 3.16. The third kappa shape index (κ3) is 1.99. The highest BCUT2D eigenvalue weighted by Crippen LogP contribution is 2.79. The Bertz CT molecular complexity index is 560. The number of hydrogen-bond acceptors (Lipinski definition) is 2. The van der Waals surface area contributed by atoms with Crippen molar-refractivity contribution in [2.75, 3.05) is 7.11 Å². The molecule has 0 aromatic carbocycles. The first kappa shape index (κ1) is 17.0. The van der Waals surface area contributed by atoms with Crippen LogP contribution in [0.5, 0.6) is 0 Å². The van der Waals surface area contributed by atoms with E-state index in [0.29, 0.717) is 34.2 Å². The third-order valence-corrected chi connectivity index (χ3v) is 10.9. The molecule has 6 unspecified atom stereocenters. The van der Waals surface area contributed by atoms with Gasteiger partial charge in [0.25, 0.3) is 0 Å². The molecule has 0 aromatic heterocycles. The van der Waals surface area contributed by atoms with Crippen LogP contribution in [0.25, 0.3) is 0 Å². The van der Waals surface area contributed by atoms with E-state index in [0.717, 1.165) is 24.2 Å². The van der Waals surface area contributed by atoms with Crippen molar-refractivity contribution in [1.82, 2.24) is 0 Å². The molecule has 2 nitrogen and oxygen atoms in total. The fourth-order valence-corrected chi connectivity index (χ4v) is 9.20. The first-order chi connectivity index (χ1) is 11.9. The van der Waals surface area contributed by atoms with Crippen LogP contribution >= 0.6 is 0 Å². The Hall–Kier alpha value is -0.0800. The van der Waals surface area contributed by atoms with Gasteiger partial charge in [-0.2, -0.15) is 0 Å². The zero-order chi connectivity index (χ0) is 17.6. The number of rotatable bonds is 1. The number of aliphatic hydroxyl groups excluding tert-OH is 1. The lowest BCUT2D eigenvalue weighted by Gasteiger charge is -2.62. The Kier molecular flexibility index (Phi) is 3.58. The van der Waals surface area contributed by atoms with Gasteiger partial charge in [0.2, 0.25) is 0 Å². The molecular weight excluding hydrogens is 308 g/mol. The standard InChI is InChI=1S/C23H38O2/c1-14-13-23(14)10-7-18-20-17(6-9-22(18,23)3)21(2)8-5-16(25-4)11-15(21)12-19(20)24/h14-20,24H,5-13H2,1-4H3/t14?,15-,16?,17?,18?,19?,20+,21-,22-,23?/m0/s1. The second kappa shape index (κ2) is 5.25. The maximum absolute atomic E-state index is 11.3. The van der Waals surface area contributed by atoms with E-state index < -0.39 is 0 Å². The van der Waals surface area contributed by atoms with Gasteiger partial charge in [-0.1, -0.05) is 20.8 Å². The summed E-state index contributed by atoms with van der Waals surface area (Å²) >= 11 is 0. The molecule has 5 aliphatic carbocycles. The van der Waals surface area contributed by atoms with Crippen molar-refractivity contribution >= 4 is 0 Å². The van der Waals surface area contributed by atoms with Gasteiger partial charge in [-0.3, -0.25) is 0 Å². The van der Waals surface area contributed by atoms with Gasteiger partial charge in [-0.25, -0.2) is 0 Å². The molecule has 0 bridgehead atoms. The highest BCUT2D eigenvalue weighted by Gasteiger charge is 2.72. The van der Waals surface area contributed by atoms with Gasteiger partial charge in [0, 0.05) is 7.11 Å². The molecule has 5 aliphatic rings. The summed E-state index contributed by atoms with van der Waals surface area (Å²) in [4.78, 5) is 0. The molecule has 0 radical (unpaired) electrons. The molecule has 0 saturated heterocycles. The van der Waals surface area contributed by atoms with E-state index in [1.54, 1.807) is 0 Å². The molecule has 5 fully saturated rings. The Labute approximate surface area is 154 Å². The maximum Gasteiger partial charge on any atom is 0.0577 e. The largest absolute Gasteiger partial charge is 0.393 e. The van der Waals surface area contributed by atoms with E-state index in [9.17, 15) is 5.11 Å². The van der Waals surface area contributed by atoms with Gasteiger partial charge in [0.15, 0.2) is 0 Å². The molecule has 1 spiro atoms. The van der Waals surface area contributed by atoms with Crippen LogP contribution < -0.4 is 0 Å². The molecule has 10 atom stereocenters. The molecule has 5 rings (SSSR count). The Morgan fingerprint density at radius 3 is 2.36 bits per heavy atom. The molecule has 0 heterocycles. The van der Waals surface area contributed by atoms with E-state index in [-0.39, 0.29) is 6.10 Å². The minimum atomic E-state index is -0.0625. The maximum atomic E-state index is 11.3. The molecule has 25 heavy (non-hydrogen) atoms. The number of methoxy groups -OCH3 is 1. The zero-order valence-corrected chi connectivity index (χ0v) is 16.8. The van der Waals surface area contributed by atoms with Crippen LogP contribution in [-0.4, -0.2) is 24.4 Å². The summed E-state index contributed by atoms with van der Waals surface area (Å²) in [5.74, 6) is 3.71. The van der Waals surface area contributed by atoms with Crippen molar-refractivity contribution in [3.63, 3.8) is 0 Å². The molecule has 5 saturated carbocycles. The fraction of sp³-hybridized carbons (Fsp3) is 1.00. The minimum absolute atomic E-state index is 0.0625. The highest BCUT2D eigenvalue weighted by atomic mass is 16.5. The predicted octanol–water partition coefficient (Wildman–Crippen LogP) is 5.04. The van der Waals surface area contributed by atoms with Gasteiger partial charge in [0.05, 0.1) is 12.2 Å². The van der Waals surface area contributed by atoms with Crippen LogP contribution in [0.2, 0.25) is 0 Å². The van der Waals surface area contributed by atoms with Crippen LogP contribution in [0.4, 0.5) is 0 Å². The predicted molar refractivity (Wildman–Crippen MR) is 100 cm³/mol. The third-order valence-electron chi connectivity index (χ3n) is 10.9. The van der Waals surface area contributed by atoms with Crippen LogP contribution in [0.15, 0.2) is 0 Å². The molecule has 1 N–H and O–H groups in total. The SMILES string of the molecule is COC1CC[C@]2(C)C3CC[C@@]4(C)C(CCC45CC5C)[C@@H]3C(O)C[C@@H]2C1. The van der Waals surface area contributed by atoms with Gasteiger partial charge < -0.3 is 9.84 Å². The summed E-state index contributed by atoms with van der Waals surface area (Å²) < 4.78 is 5.71. The monoisotopic (exact) mass is 346 g/mol. The molecule has 0 amide bonds. The van der Waals surface area contributed by atoms with Crippen molar-refractivity contribution in [1.29, 1.82) is 0 Å². The van der Waals surface area contributed by atoms with Crippen molar-refractivity contribution in [2.45, 2.75) is 90.8 Å². The molecular formula is C23H38O2. The van der Waals surface area contributed by atoms with Crippen molar-refractivity contribution in [3.05, 3.63) is 0 Å². The second-order valence-corrected chi connectivity index (χ2v) is 11.2. The van der Waals surface area contributed by atoms with Gasteiger partial charge in [-0.15, -0.1) is 0 Å².